The van der Waals surface area contributed by atoms with Crippen LogP contribution in [0.2, 0.25) is 0 Å². The number of hydrogen-bond acceptors (Lipinski definition) is 4. The van der Waals surface area contributed by atoms with Crippen molar-refractivity contribution in [3.63, 3.8) is 0 Å². The molecule has 6 heteroatoms. The predicted molar refractivity (Wildman–Crippen MR) is 119 cm³/mol. The molecule has 0 bridgehead atoms. The molecule has 0 radical (unpaired) electrons. The summed E-state index contributed by atoms with van der Waals surface area (Å²) in [5.41, 5.74) is -2.09. The first-order valence-electron chi connectivity index (χ1n) is 10.9. The molecule has 0 N–H and O–H groups in total. The molecule has 0 fully saturated rings. The molecule has 2 nitrogen and oxygen atoms in total. The molecule has 1 atom stereocenters. The van der Waals surface area contributed by atoms with Crippen LogP contribution in [0, 0.1) is 0 Å². The first-order valence-corrected chi connectivity index (χ1v) is 15.9. The van der Waals surface area contributed by atoms with E-state index in [2.05, 4.69) is 13.8 Å². The molecule has 0 saturated heterocycles. The molecule has 0 aromatic rings. The Morgan fingerprint density at radius 3 is 1.58 bits per heavy atom. The molecule has 0 aliphatic rings. The zero-order valence-electron chi connectivity index (χ0n) is 17.2. The van der Waals surface area contributed by atoms with Gasteiger partial charge in [-0.05, 0) is 0 Å². The second-order valence-electron chi connectivity index (χ2n) is 7.14. The van der Waals surface area contributed by atoms with Gasteiger partial charge in [0.25, 0.3) is 0 Å². The first-order chi connectivity index (χ1) is 12.7. The molecular formula is C20H42MoO2PS2. The minimum Gasteiger partial charge on any atom is -0.0654 e. The van der Waals surface area contributed by atoms with E-state index in [-0.39, 0.29) is 0 Å². The van der Waals surface area contributed by atoms with Crippen LogP contribution in [0.1, 0.15) is 117 Å². The molecule has 1 unspecified atom stereocenters. The van der Waals surface area contributed by atoms with Crippen LogP contribution in [-0.2, 0) is 39.7 Å². The smallest absolute Gasteiger partial charge is 0.0654 e. The molecule has 0 aromatic carbocycles. The average molecular weight is 506 g/mol. The van der Waals surface area contributed by atoms with Crippen LogP contribution in [0.5, 0.6) is 0 Å². The molecule has 26 heavy (non-hydrogen) atoms. The van der Waals surface area contributed by atoms with Crippen molar-refractivity contribution < 1.29 is 27.9 Å². The molecule has 0 spiro atoms. The van der Waals surface area contributed by atoms with Crippen molar-refractivity contribution in [2.24, 2.45) is 0 Å². The standard InChI is InChI=1S/C20H43O2PS2.Mo/c1-3-5-7-9-11-13-15-17-19-22-23(21,24)25-20-18-16-14-12-10-8-6-4-2;/h3-20H2,1-2H3,(H,21,24);/q;+1/p-1. The van der Waals surface area contributed by atoms with Crippen LogP contribution in [0.3, 0.4) is 0 Å². The molecule has 0 saturated carbocycles. The average Bonchev–Trinajstić information content (AvgIpc) is 2.65. The quantitative estimate of drug-likeness (QED) is 0.0882. The van der Waals surface area contributed by atoms with Crippen molar-refractivity contribution in [1.29, 1.82) is 0 Å². The summed E-state index contributed by atoms with van der Waals surface area (Å²) in [6.45, 7) is 5.31. The third-order valence-electron chi connectivity index (χ3n) is 4.59. The topological polar surface area (TPSA) is 18.5 Å². The van der Waals surface area contributed by atoms with Crippen molar-refractivity contribution in [3.05, 3.63) is 0 Å². The van der Waals surface area contributed by atoms with Crippen molar-refractivity contribution in [3.8, 4) is 0 Å². The van der Waals surface area contributed by atoms with E-state index in [1.165, 1.54) is 96.3 Å². The van der Waals surface area contributed by atoms with Gasteiger partial charge in [-0.1, -0.05) is 13.8 Å². The van der Waals surface area contributed by atoms with Gasteiger partial charge in [-0.25, -0.2) is 0 Å². The summed E-state index contributed by atoms with van der Waals surface area (Å²) in [7, 11) is 0. The van der Waals surface area contributed by atoms with Crippen LogP contribution < -0.4 is 0 Å². The zero-order valence-corrected chi connectivity index (χ0v) is 21.8. The summed E-state index contributed by atoms with van der Waals surface area (Å²) in [6, 6.07) is 0. The molecule has 0 amide bonds. The second-order valence-corrected chi connectivity index (χ2v) is 14.6. The van der Waals surface area contributed by atoms with E-state index < -0.39 is 5.69 Å². The van der Waals surface area contributed by atoms with Gasteiger partial charge in [0.1, 0.15) is 0 Å². The van der Waals surface area contributed by atoms with E-state index >= 15 is 0 Å². The predicted octanol–water partition coefficient (Wildman–Crippen LogP) is 8.72. The molecule has 0 aromatic heterocycles. The number of rotatable bonds is 21. The monoisotopic (exact) mass is 507 g/mol. The van der Waals surface area contributed by atoms with Gasteiger partial charge in [-0.3, -0.25) is 0 Å². The Morgan fingerprint density at radius 1 is 0.692 bits per heavy atom. The van der Waals surface area contributed by atoms with E-state index in [0.717, 1.165) is 18.8 Å². The van der Waals surface area contributed by atoms with Crippen LogP contribution in [0.4, 0.5) is 0 Å². The molecule has 0 heterocycles. The maximum absolute atomic E-state index is 5.97. The first kappa shape index (κ1) is 27.6. The molecule has 157 valence electrons. The van der Waals surface area contributed by atoms with Gasteiger partial charge < -0.3 is 0 Å². The SMILES string of the molecule is CCCCCCCCCCOP(=S)([O][Mo])SCCCCCCCCCC. The fraction of sp³-hybridized carbons (Fsp3) is 1.00. The van der Waals surface area contributed by atoms with E-state index in [1.807, 2.05) is 0 Å². The van der Waals surface area contributed by atoms with Crippen LogP contribution in [-0.4, -0.2) is 12.4 Å². The van der Waals surface area contributed by atoms with E-state index in [4.69, 9.17) is 19.5 Å². The van der Waals surface area contributed by atoms with Gasteiger partial charge in [0.15, 0.2) is 0 Å². The summed E-state index contributed by atoms with van der Waals surface area (Å²) in [5, 5.41) is 0. The van der Waals surface area contributed by atoms with Crippen molar-refractivity contribution in [1.82, 2.24) is 0 Å². The zero-order chi connectivity index (χ0) is 19.3. The minimum absolute atomic E-state index is 0.770. The van der Waals surface area contributed by atoms with Gasteiger partial charge in [-0.2, -0.15) is 0 Å². The van der Waals surface area contributed by atoms with Gasteiger partial charge in [0.05, 0.1) is 0 Å². The molecule has 0 aliphatic heterocycles. The normalized spacial score (nSPS) is 13.8. The fourth-order valence-corrected chi connectivity index (χ4v) is 7.77. The summed E-state index contributed by atoms with van der Waals surface area (Å²) in [6.07, 6.45) is 21.4. The Kier molecular flexibility index (Phi) is 22.6. The third kappa shape index (κ3) is 18.9. The molecule has 0 aliphatic carbocycles. The summed E-state index contributed by atoms with van der Waals surface area (Å²) in [5.74, 6) is 1.08. The third-order valence-corrected chi connectivity index (χ3v) is 12.6. The van der Waals surface area contributed by atoms with Crippen molar-refractivity contribution >= 4 is 28.9 Å². The van der Waals surface area contributed by atoms with E-state index in [0.29, 0.717) is 0 Å². The van der Waals surface area contributed by atoms with Crippen LogP contribution >= 0.6 is 17.1 Å². The summed E-state index contributed by atoms with van der Waals surface area (Å²) in [4.78, 5) is 0. The molecule has 0 rings (SSSR count). The number of unbranched alkanes of at least 4 members (excludes halogenated alkanes) is 14. The fourth-order valence-electron chi connectivity index (χ4n) is 2.90. The van der Waals surface area contributed by atoms with Gasteiger partial charge in [0, 0.05) is 0 Å². The Balaban J connectivity index is 3.51. The maximum atomic E-state index is 5.97. The van der Waals surface area contributed by atoms with Crippen molar-refractivity contribution in [2.75, 3.05) is 12.4 Å². The van der Waals surface area contributed by atoms with E-state index in [9.17, 15) is 0 Å². The van der Waals surface area contributed by atoms with Crippen LogP contribution in [0.15, 0.2) is 0 Å². The summed E-state index contributed by atoms with van der Waals surface area (Å²) >= 11 is 9.03. The Labute approximate surface area is 185 Å². The minimum atomic E-state index is -2.09. The second kappa shape index (κ2) is 21.3. The molecular weight excluding hydrogens is 463 g/mol. The van der Waals surface area contributed by atoms with Gasteiger partial charge in [0.2, 0.25) is 0 Å². The number of hydrogen-bond donors (Lipinski definition) is 0. The van der Waals surface area contributed by atoms with Crippen molar-refractivity contribution in [2.45, 2.75) is 117 Å². The van der Waals surface area contributed by atoms with Gasteiger partial charge in [-0.15, -0.1) is 0 Å². The van der Waals surface area contributed by atoms with Gasteiger partial charge >= 0.3 is 172 Å². The van der Waals surface area contributed by atoms with E-state index in [1.54, 1.807) is 31.6 Å². The Bertz CT molecular complexity index is 307. The Hall–Kier alpha value is 1.61. The Morgan fingerprint density at radius 2 is 1.12 bits per heavy atom. The summed E-state index contributed by atoms with van der Waals surface area (Å²) < 4.78 is 11.5. The van der Waals surface area contributed by atoms with Crippen LogP contribution in [0.25, 0.3) is 0 Å².